The van der Waals surface area contributed by atoms with Crippen LogP contribution >= 0.6 is 0 Å². The predicted octanol–water partition coefficient (Wildman–Crippen LogP) is 2.65. The Labute approximate surface area is 127 Å². The molecule has 22 heavy (non-hydrogen) atoms. The number of benzene rings is 2. The Morgan fingerprint density at radius 2 is 1.68 bits per heavy atom. The topological polar surface area (TPSA) is 77.8 Å². The van der Waals surface area contributed by atoms with Crippen LogP contribution in [0.25, 0.3) is 11.0 Å². The molecule has 0 bridgehead atoms. The molecule has 0 aliphatic rings. The van der Waals surface area contributed by atoms with Gasteiger partial charge in [-0.25, -0.2) is 4.79 Å². The first kappa shape index (κ1) is 14.1. The number of aromatic amines is 2. The average Bonchev–Trinajstić information content (AvgIpc) is 2.76. The second kappa shape index (κ2) is 5.52. The lowest BCUT2D eigenvalue weighted by Gasteiger charge is -2.08. The molecule has 1 aromatic heterocycles. The Kier molecular flexibility index (Phi) is 3.55. The van der Waals surface area contributed by atoms with Gasteiger partial charge in [0.1, 0.15) is 0 Å². The van der Waals surface area contributed by atoms with Crippen molar-refractivity contribution >= 4 is 22.6 Å². The van der Waals surface area contributed by atoms with Crippen LogP contribution in [0.15, 0.2) is 41.2 Å². The summed E-state index contributed by atoms with van der Waals surface area (Å²) in [5.74, 6) is -0.0813. The van der Waals surface area contributed by atoms with Gasteiger partial charge in [0.25, 0.3) is 0 Å². The van der Waals surface area contributed by atoms with Crippen LogP contribution in [0, 0.1) is 13.8 Å². The number of H-pyrrole nitrogens is 2. The molecule has 0 atom stereocenters. The second-order valence-electron chi connectivity index (χ2n) is 5.56. The predicted molar refractivity (Wildman–Crippen MR) is 87.2 cm³/mol. The van der Waals surface area contributed by atoms with Crippen molar-refractivity contribution in [2.24, 2.45) is 0 Å². The number of anilines is 1. The number of aromatic nitrogens is 2. The molecule has 0 aliphatic heterocycles. The highest BCUT2D eigenvalue weighted by Crippen LogP contribution is 2.15. The SMILES string of the molecule is Cc1cc(C)cc(NC(=O)Cc2ccc3[nH]c(=O)[nH]c3c2)c1. The number of amides is 1. The van der Waals surface area contributed by atoms with Crippen LogP contribution in [0.1, 0.15) is 16.7 Å². The van der Waals surface area contributed by atoms with E-state index in [9.17, 15) is 9.59 Å². The van der Waals surface area contributed by atoms with Gasteiger partial charge < -0.3 is 15.3 Å². The van der Waals surface area contributed by atoms with Crippen molar-refractivity contribution in [3.8, 4) is 0 Å². The number of carbonyl (C=O) groups excluding carboxylic acids is 1. The van der Waals surface area contributed by atoms with Gasteiger partial charge in [-0.3, -0.25) is 4.79 Å². The Hall–Kier alpha value is -2.82. The van der Waals surface area contributed by atoms with E-state index in [1.807, 2.05) is 38.1 Å². The van der Waals surface area contributed by atoms with E-state index >= 15 is 0 Å². The number of aryl methyl sites for hydroxylation is 2. The Bertz CT molecular complexity index is 885. The van der Waals surface area contributed by atoms with E-state index in [1.54, 1.807) is 6.07 Å². The summed E-state index contributed by atoms with van der Waals surface area (Å²) in [6, 6.07) is 11.4. The number of nitrogens with one attached hydrogen (secondary N) is 3. The molecular formula is C17H17N3O2. The fourth-order valence-corrected chi connectivity index (χ4v) is 2.63. The molecular weight excluding hydrogens is 278 g/mol. The van der Waals surface area contributed by atoms with Crippen molar-refractivity contribution < 1.29 is 4.79 Å². The Morgan fingerprint density at radius 1 is 1.00 bits per heavy atom. The van der Waals surface area contributed by atoms with Gasteiger partial charge in [0, 0.05) is 5.69 Å². The first-order valence-corrected chi connectivity index (χ1v) is 7.09. The van der Waals surface area contributed by atoms with Crippen molar-refractivity contribution in [1.82, 2.24) is 9.97 Å². The van der Waals surface area contributed by atoms with Gasteiger partial charge in [0.2, 0.25) is 5.91 Å². The molecule has 0 spiro atoms. The molecule has 0 unspecified atom stereocenters. The third kappa shape index (κ3) is 3.09. The minimum absolute atomic E-state index is 0.0813. The smallest absolute Gasteiger partial charge is 0.323 e. The van der Waals surface area contributed by atoms with Crippen LogP contribution in [0.5, 0.6) is 0 Å². The summed E-state index contributed by atoms with van der Waals surface area (Å²) < 4.78 is 0. The molecule has 1 amide bonds. The maximum absolute atomic E-state index is 12.2. The van der Waals surface area contributed by atoms with Gasteiger partial charge in [0.15, 0.2) is 0 Å². The number of carbonyl (C=O) groups is 1. The summed E-state index contributed by atoms with van der Waals surface area (Å²) in [5, 5.41) is 2.91. The normalized spacial score (nSPS) is 10.8. The third-order valence-electron chi connectivity index (χ3n) is 3.45. The number of hydrogen-bond acceptors (Lipinski definition) is 2. The molecule has 0 fully saturated rings. The minimum atomic E-state index is -0.244. The Morgan fingerprint density at radius 3 is 2.41 bits per heavy atom. The zero-order chi connectivity index (χ0) is 15.7. The maximum atomic E-state index is 12.2. The molecule has 0 radical (unpaired) electrons. The lowest BCUT2D eigenvalue weighted by molar-refractivity contribution is -0.115. The first-order chi connectivity index (χ1) is 10.5. The van der Waals surface area contributed by atoms with Gasteiger partial charge in [-0.15, -0.1) is 0 Å². The van der Waals surface area contributed by atoms with E-state index in [0.29, 0.717) is 5.52 Å². The molecule has 0 aliphatic carbocycles. The van der Waals surface area contributed by atoms with Crippen LogP contribution in [-0.2, 0) is 11.2 Å². The number of imidazole rings is 1. The van der Waals surface area contributed by atoms with Gasteiger partial charge >= 0.3 is 5.69 Å². The number of fused-ring (bicyclic) bond motifs is 1. The van der Waals surface area contributed by atoms with E-state index in [1.165, 1.54) is 0 Å². The molecule has 0 saturated carbocycles. The van der Waals surface area contributed by atoms with Crippen molar-refractivity contribution in [3.05, 3.63) is 63.6 Å². The van der Waals surface area contributed by atoms with E-state index < -0.39 is 0 Å². The van der Waals surface area contributed by atoms with Crippen LogP contribution in [0.3, 0.4) is 0 Å². The molecule has 3 aromatic rings. The highest BCUT2D eigenvalue weighted by molar-refractivity contribution is 5.93. The molecule has 2 aromatic carbocycles. The standard InChI is InChI=1S/C17H17N3O2/c1-10-5-11(2)7-13(6-10)18-16(21)9-12-3-4-14-15(8-12)20-17(22)19-14/h3-8H,9H2,1-2H3,(H,18,21)(H2,19,20,22). The number of rotatable bonds is 3. The molecule has 1 heterocycles. The lowest BCUT2D eigenvalue weighted by Crippen LogP contribution is -2.14. The second-order valence-corrected chi connectivity index (χ2v) is 5.56. The fraction of sp³-hybridized carbons (Fsp3) is 0.176. The van der Waals surface area contributed by atoms with Gasteiger partial charge in [-0.1, -0.05) is 12.1 Å². The summed E-state index contributed by atoms with van der Waals surface area (Å²) in [7, 11) is 0. The van der Waals surface area contributed by atoms with E-state index in [2.05, 4.69) is 21.4 Å². The maximum Gasteiger partial charge on any atom is 0.323 e. The summed E-state index contributed by atoms with van der Waals surface area (Å²) >= 11 is 0. The van der Waals surface area contributed by atoms with Gasteiger partial charge in [0.05, 0.1) is 17.5 Å². The zero-order valence-corrected chi connectivity index (χ0v) is 12.5. The summed E-state index contributed by atoms with van der Waals surface area (Å²) in [4.78, 5) is 28.8. The van der Waals surface area contributed by atoms with Crippen LogP contribution in [0.2, 0.25) is 0 Å². The largest absolute Gasteiger partial charge is 0.326 e. The quantitative estimate of drug-likeness (QED) is 0.694. The van der Waals surface area contributed by atoms with E-state index in [-0.39, 0.29) is 18.0 Å². The van der Waals surface area contributed by atoms with Crippen molar-refractivity contribution in [2.45, 2.75) is 20.3 Å². The number of hydrogen-bond donors (Lipinski definition) is 3. The first-order valence-electron chi connectivity index (χ1n) is 7.09. The summed E-state index contributed by atoms with van der Waals surface area (Å²) in [6.45, 7) is 4.00. The zero-order valence-electron chi connectivity index (χ0n) is 12.5. The van der Waals surface area contributed by atoms with E-state index in [0.717, 1.165) is 27.9 Å². The molecule has 112 valence electrons. The summed E-state index contributed by atoms with van der Waals surface area (Å²) in [6.07, 6.45) is 0.260. The monoisotopic (exact) mass is 295 g/mol. The molecule has 5 heteroatoms. The van der Waals surface area contributed by atoms with Crippen molar-refractivity contribution in [2.75, 3.05) is 5.32 Å². The summed E-state index contributed by atoms with van der Waals surface area (Å²) in [5.41, 5.74) is 5.09. The average molecular weight is 295 g/mol. The Balaban J connectivity index is 1.76. The van der Waals surface area contributed by atoms with E-state index in [4.69, 9.17) is 0 Å². The highest BCUT2D eigenvalue weighted by Gasteiger charge is 2.07. The molecule has 3 rings (SSSR count). The lowest BCUT2D eigenvalue weighted by atomic mass is 10.1. The minimum Gasteiger partial charge on any atom is -0.326 e. The highest BCUT2D eigenvalue weighted by atomic mass is 16.1. The van der Waals surface area contributed by atoms with Crippen LogP contribution < -0.4 is 11.0 Å². The van der Waals surface area contributed by atoms with Crippen LogP contribution in [0.4, 0.5) is 5.69 Å². The third-order valence-corrected chi connectivity index (χ3v) is 3.45. The van der Waals surface area contributed by atoms with Crippen molar-refractivity contribution in [1.29, 1.82) is 0 Å². The molecule has 5 nitrogen and oxygen atoms in total. The van der Waals surface area contributed by atoms with Crippen molar-refractivity contribution in [3.63, 3.8) is 0 Å². The molecule has 0 saturated heterocycles. The van der Waals surface area contributed by atoms with Gasteiger partial charge in [-0.05, 0) is 54.8 Å². The van der Waals surface area contributed by atoms with Gasteiger partial charge in [-0.2, -0.15) is 0 Å². The fourth-order valence-electron chi connectivity index (χ4n) is 2.63. The van der Waals surface area contributed by atoms with Crippen LogP contribution in [-0.4, -0.2) is 15.9 Å². The molecule has 3 N–H and O–H groups in total.